The quantitative estimate of drug-likeness (QED) is 0.695. The van der Waals surface area contributed by atoms with Gasteiger partial charge in [0.2, 0.25) is 0 Å². The summed E-state index contributed by atoms with van der Waals surface area (Å²) in [5.41, 5.74) is -0.592. The molecule has 0 N–H and O–H groups in total. The molecule has 2 nitrogen and oxygen atoms in total. The fourth-order valence-electron chi connectivity index (χ4n) is 1.45. The van der Waals surface area contributed by atoms with Gasteiger partial charge in [0.1, 0.15) is 0 Å². The standard InChI is InChI=1S/C10H20O2.Ag/c1-4-6-8-10(3,7-5-2)9(11)12;/h4-8H2,1-3H3,(H,11,12);/q;+1/p-1. The summed E-state index contributed by atoms with van der Waals surface area (Å²) in [7, 11) is 0. The van der Waals surface area contributed by atoms with Crippen LogP contribution in [0, 0.1) is 5.41 Å². The summed E-state index contributed by atoms with van der Waals surface area (Å²) >= 11 is 0. The molecule has 0 heterocycles. The summed E-state index contributed by atoms with van der Waals surface area (Å²) in [6, 6.07) is 0. The van der Waals surface area contributed by atoms with Gasteiger partial charge < -0.3 is 9.90 Å². The van der Waals surface area contributed by atoms with E-state index < -0.39 is 11.4 Å². The number of carbonyl (C=O) groups is 1. The second-order valence-corrected chi connectivity index (χ2v) is 3.70. The van der Waals surface area contributed by atoms with Crippen molar-refractivity contribution in [2.75, 3.05) is 0 Å². The van der Waals surface area contributed by atoms with Gasteiger partial charge in [0.15, 0.2) is 0 Å². The molecule has 1 atom stereocenters. The van der Waals surface area contributed by atoms with E-state index in [2.05, 4.69) is 6.92 Å². The van der Waals surface area contributed by atoms with Gasteiger partial charge in [0.25, 0.3) is 0 Å². The molecule has 1 unspecified atom stereocenters. The van der Waals surface area contributed by atoms with Gasteiger partial charge >= 0.3 is 22.4 Å². The number of carboxylic acids is 1. The Labute approximate surface area is 96.6 Å². The first-order chi connectivity index (χ1) is 5.56. The third-order valence-electron chi connectivity index (χ3n) is 2.38. The number of carboxylic acid groups (broad SMARTS) is 1. The Balaban J connectivity index is 0. The number of carbonyl (C=O) groups excluding carboxylic acids is 1. The molecule has 0 aromatic heterocycles. The van der Waals surface area contributed by atoms with Crippen LogP contribution in [0.5, 0.6) is 0 Å². The molecule has 0 aromatic carbocycles. The number of unbranched alkanes of at least 4 members (excludes halogenated alkanes) is 1. The summed E-state index contributed by atoms with van der Waals surface area (Å²) in [4.78, 5) is 10.8. The van der Waals surface area contributed by atoms with Crippen molar-refractivity contribution in [2.24, 2.45) is 5.41 Å². The van der Waals surface area contributed by atoms with Crippen LogP contribution in [0.4, 0.5) is 0 Å². The predicted octanol–water partition coefficient (Wildman–Crippen LogP) is 1.73. The topological polar surface area (TPSA) is 40.1 Å². The van der Waals surface area contributed by atoms with Gasteiger partial charge in [0.05, 0.1) is 0 Å². The molecule has 0 bridgehead atoms. The Hall–Kier alpha value is 0.210. The average Bonchev–Trinajstić information content (AvgIpc) is 2.01. The van der Waals surface area contributed by atoms with Crippen LogP contribution in [0.3, 0.4) is 0 Å². The van der Waals surface area contributed by atoms with Gasteiger partial charge in [-0.15, -0.1) is 0 Å². The van der Waals surface area contributed by atoms with Crippen molar-refractivity contribution < 1.29 is 32.3 Å². The summed E-state index contributed by atoms with van der Waals surface area (Å²) < 4.78 is 0. The largest absolute Gasteiger partial charge is 1.00 e. The van der Waals surface area contributed by atoms with Crippen molar-refractivity contribution >= 4 is 5.97 Å². The minimum absolute atomic E-state index is 0. The Bertz CT molecular complexity index is 148. The maximum Gasteiger partial charge on any atom is 1.00 e. The van der Waals surface area contributed by atoms with E-state index in [1.807, 2.05) is 6.92 Å². The van der Waals surface area contributed by atoms with Crippen molar-refractivity contribution in [2.45, 2.75) is 52.9 Å². The van der Waals surface area contributed by atoms with Gasteiger partial charge in [-0.1, -0.05) is 40.0 Å². The van der Waals surface area contributed by atoms with E-state index in [0.29, 0.717) is 0 Å². The monoisotopic (exact) mass is 278 g/mol. The summed E-state index contributed by atoms with van der Waals surface area (Å²) in [5.74, 6) is -0.891. The van der Waals surface area contributed by atoms with E-state index in [9.17, 15) is 9.90 Å². The van der Waals surface area contributed by atoms with Crippen LogP contribution in [-0.2, 0) is 27.2 Å². The first-order valence-electron chi connectivity index (χ1n) is 4.78. The zero-order valence-electron chi connectivity index (χ0n) is 8.65. The minimum atomic E-state index is -0.891. The number of hydrogen-bond acceptors (Lipinski definition) is 2. The Morgan fingerprint density at radius 1 is 1.23 bits per heavy atom. The van der Waals surface area contributed by atoms with Crippen molar-refractivity contribution in [3.8, 4) is 0 Å². The maximum absolute atomic E-state index is 10.8. The molecule has 0 fully saturated rings. The summed E-state index contributed by atoms with van der Waals surface area (Å²) in [6.45, 7) is 5.87. The number of hydrogen-bond donors (Lipinski definition) is 0. The van der Waals surface area contributed by atoms with Gasteiger partial charge in [0, 0.05) is 11.4 Å². The first-order valence-corrected chi connectivity index (χ1v) is 4.78. The SMILES string of the molecule is CCCCC(C)(CCC)C(=O)[O-].[Ag+]. The zero-order chi connectivity index (χ0) is 9.61. The van der Waals surface area contributed by atoms with Crippen molar-refractivity contribution in [1.29, 1.82) is 0 Å². The molecule has 82 valence electrons. The molecule has 0 aromatic rings. The molecule has 0 rings (SSSR count). The smallest absolute Gasteiger partial charge is 0.550 e. The normalized spacial score (nSPS) is 14.4. The van der Waals surface area contributed by atoms with E-state index in [1.165, 1.54) is 0 Å². The fraction of sp³-hybridized carbons (Fsp3) is 0.900. The second-order valence-electron chi connectivity index (χ2n) is 3.70. The number of aliphatic carboxylic acids is 1. The van der Waals surface area contributed by atoms with Crippen LogP contribution in [0.15, 0.2) is 0 Å². The molecule has 0 saturated carbocycles. The van der Waals surface area contributed by atoms with Gasteiger partial charge in [-0.25, -0.2) is 0 Å². The summed E-state index contributed by atoms with van der Waals surface area (Å²) in [5, 5.41) is 10.8. The fourth-order valence-corrected chi connectivity index (χ4v) is 1.45. The van der Waals surface area contributed by atoms with Crippen LogP contribution in [0.2, 0.25) is 0 Å². The summed E-state index contributed by atoms with van der Waals surface area (Å²) in [6.07, 6.45) is 4.42. The second kappa shape index (κ2) is 7.60. The maximum atomic E-state index is 10.8. The Kier molecular flexibility index (Phi) is 9.16. The van der Waals surface area contributed by atoms with Crippen molar-refractivity contribution in [3.63, 3.8) is 0 Å². The minimum Gasteiger partial charge on any atom is -0.550 e. The molecular formula is C10H19AgO2. The van der Waals surface area contributed by atoms with Crippen LogP contribution < -0.4 is 5.11 Å². The Morgan fingerprint density at radius 2 is 1.77 bits per heavy atom. The third-order valence-corrected chi connectivity index (χ3v) is 2.38. The van der Waals surface area contributed by atoms with E-state index in [4.69, 9.17) is 0 Å². The molecule has 3 heteroatoms. The van der Waals surface area contributed by atoms with E-state index in [1.54, 1.807) is 6.92 Å². The van der Waals surface area contributed by atoms with Gasteiger partial charge in [-0.2, -0.15) is 0 Å². The third kappa shape index (κ3) is 5.50. The Morgan fingerprint density at radius 3 is 2.08 bits per heavy atom. The van der Waals surface area contributed by atoms with E-state index in [-0.39, 0.29) is 22.4 Å². The van der Waals surface area contributed by atoms with Gasteiger partial charge in [-0.05, 0) is 12.8 Å². The van der Waals surface area contributed by atoms with Crippen LogP contribution in [0.25, 0.3) is 0 Å². The molecule has 0 aliphatic heterocycles. The average molecular weight is 279 g/mol. The number of rotatable bonds is 6. The molecule has 0 spiro atoms. The molecule has 13 heavy (non-hydrogen) atoms. The van der Waals surface area contributed by atoms with Crippen LogP contribution >= 0.6 is 0 Å². The molecule has 0 saturated heterocycles. The van der Waals surface area contributed by atoms with Crippen LogP contribution in [-0.4, -0.2) is 5.97 Å². The molecular weight excluding hydrogens is 260 g/mol. The van der Waals surface area contributed by atoms with Crippen molar-refractivity contribution in [3.05, 3.63) is 0 Å². The van der Waals surface area contributed by atoms with Crippen LogP contribution in [0.1, 0.15) is 52.9 Å². The molecule has 0 aliphatic rings. The molecule has 0 radical (unpaired) electrons. The zero-order valence-corrected chi connectivity index (χ0v) is 10.1. The first kappa shape index (κ1) is 15.7. The van der Waals surface area contributed by atoms with E-state index >= 15 is 0 Å². The van der Waals surface area contributed by atoms with Crippen molar-refractivity contribution in [1.82, 2.24) is 0 Å². The van der Waals surface area contributed by atoms with Gasteiger partial charge in [-0.3, -0.25) is 0 Å². The molecule has 0 amide bonds. The van der Waals surface area contributed by atoms with E-state index in [0.717, 1.165) is 32.1 Å². The molecule has 0 aliphatic carbocycles. The predicted molar refractivity (Wildman–Crippen MR) is 47.5 cm³/mol.